The van der Waals surface area contributed by atoms with Gasteiger partial charge in [-0.1, -0.05) is 0 Å². The largest absolute Gasteiger partial charge is 0.496 e. The van der Waals surface area contributed by atoms with E-state index in [4.69, 9.17) is 4.74 Å². The molecule has 0 radical (unpaired) electrons. The number of pyridine rings is 1. The Hall–Kier alpha value is -2.26. The van der Waals surface area contributed by atoms with Crippen LogP contribution in [0.2, 0.25) is 0 Å². The number of halogens is 3. The van der Waals surface area contributed by atoms with Crippen LogP contribution in [0.25, 0.3) is 0 Å². The molecule has 0 bridgehead atoms. The smallest absolute Gasteiger partial charge is 0.416 e. The first-order chi connectivity index (χ1) is 14.2. The van der Waals surface area contributed by atoms with Gasteiger partial charge in [0.05, 0.1) is 23.8 Å². The average molecular weight is 440 g/mol. The fourth-order valence-corrected chi connectivity index (χ4v) is 4.57. The van der Waals surface area contributed by atoms with Gasteiger partial charge in [-0.3, -0.25) is 9.78 Å². The van der Waals surface area contributed by atoms with Crippen molar-refractivity contribution in [1.29, 1.82) is 0 Å². The van der Waals surface area contributed by atoms with Crippen LogP contribution in [-0.2, 0) is 11.7 Å². The molecule has 2 heterocycles. The fraction of sp³-hybridized carbons (Fsp3) is 0.429. The highest BCUT2D eigenvalue weighted by molar-refractivity contribution is 7.98. The Kier molecular flexibility index (Phi) is 6.62. The summed E-state index contributed by atoms with van der Waals surface area (Å²) in [5.41, 5.74) is -0.579. The van der Waals surface area contributed by atoms with Crippen LogP contribution in [0.5, 0.6) is 5.75 Å². The van der Waals surface area contributed by atoms with Crippen molar-refractivity contribution in [2.75, 3.05) is 19.9 Å². The molecule has 1 aromatic heterocycles. The lowest BCUT2D eigenvalue weighted by Gasteiger charge is -2.44. The van der Waals surface area contributed by atoms with Crippen molar-refractivity contribution in [3.8, 4) is 5.75 Å². The van der Waals surface area contributed by atoms with E-state index in [1.165, 1.54) is 7.11 Å². The number of nitrogens with one attached hydrogen (secondary N) is 2. The minimum absolute atomic E-state index is 0.0872. The summed E-state index contributed by atoms with van der Waals surface area (Å²) in [6, 6.07) is 5.47. The molecule has 0 saturated carbocycles. The average Bonchev–Trinajstić information content (AvgIpc) is 2.74. The number of aromatic nitrogens is 1. The van der Waals surface area contributed by atoms with Crippen LogP contribution in [0, 0.1) is 0 Å². The summed E-state index contributed by atoms with van der Waals surface area (Å²) in [4.78, 5) is 17.7. The van der Waals surface area contributed by atoms with E-state index in [-0.39, 0.29) is 22.3 Å². The third-order valence-electron chi connectivity index (χ3n) is 5.53. The van der Waals surface area contributed by atoms with Crippen molar-refractivity contribution >= 4 is 17.7 Å². The number of alkyl halides is 3. The number of carbonyl (C=O) groups excluding carboxylic acids is 1. The van der Waals surface area contributed by atoms with Crippen LogP contribution in [-0.4, -0.2) is 36.8 Å². The molecule has 2 unspecified atom stereocenters. The second-order valence-corrected chi connectivity index (χ2v) is 8.04. The van der Waals surface area contributed by atoms with Gasteiger partial charge in [-0.15, -0.1) is 11.8 Å². The van der Waals surface area contributed by atoms with Gasteiger partial charge in [-0.2, -0.15) is 13.2 Å². The monoisotopic (exact) mass is 439 g/mol. The molecule has 1 amide bonds. The second kappa shape index (κ2) is 8.85. The molecule has 1 aliphatic rings. The number of benzene rings is 1. The summed E-state index contributed by atoms with van der Waals surface area (Å²) in [5.74, 6) is -0.578. The highest BCUT2D eigenvalue weighted by Crippen LogP contribution is 2.39. The molecule has 0 spiro atoms. The van der Waals surface area contributed by atoms with Crippen LogP contribution >= 0.6 is 11.8 Å². The minimum Gasteiger partial charge on any atom is -0.496 e. The van der Waals surface area contributed by atoms with Crippen molar-refractivity contribution < 1.29 is 22.7 Å². The van der Waals surface area contributed by atoms with Crippen LogP contribution < -0.4 is 15.4 Å². The molecular formula is C21H24F3N3O2S. The van der Waals surface area contributed by atoms with Gasteiger partial charge >= 0.3 is 6.18 Å². The van der Waals surface area contributed by atoms with Gasteiger partial charge in [0.1, 0.15) is 5.75 Å². The van der Waals surface area contributed by atoms with Gasteiger partial charge in [0.15, 0.2) is 0 Å². The van der Waals surface area contributed by atoms with Gasteiger partial charge in [-0.25, -0.2) is 0 Å². The topological polar surface area (TPSA) is 63.2 Å². The maximum Gasteiger partial charge on any atom is 0.416 e. The van der Waals surface area contributed by atoms with Crippen LogP contribution in [0.4, 0.5) is 13.2 Å². The first-order valence-corrected chi connectivity index (χ1v) is 10.7. The number of hydrogen-bond acceptors (Lipinski definition) is 5. The molecule has 1 aromatic carbocycles. The zero-order valence-corrected chi connectivity index (χ0v) is 17.8. The van der Waals surface area contributed by atoms with E-state index in [0.29, 0.717) is 6.42 Å². The Morgan fingerprint density at radius 3 is 2.60 bits per heavy atom. The summed E-state index contributed by atoms with van der Waals surface area (Å²) in [6.45, 7) is 2.81. The summed E-state index contributed by atoms with van der Waals surface area (Å²) in [6.07, 6.45) is 1.95. The molecule has 2 aromatic rings. The van der Waals surface area contributed by atoms with Gasteiger partial charge in [0, 0.05) is 23.3 Å². The quantitative estimate of drug-likeness (QED) is 0.683. The van der Waals surface area contributed by atoms with E-state index in [0.717, 1.165) is 42.4 Å². The Bertz CT molecular complexity index is 883. The van der Waals surface area contributed by atoms with E-state index in [1.807, 2.05) is 19.1 Å². The predicted octanol–water partition coefficient (Wildman–Crippen LogP) is 4.23. The molecular weight excluding hydrogens is 415 g/mol. The van der Waals surface area contributed by atoms with Crippen LogP contribution in [0.15, 0.2) is 41.6 Å². The first kappa shape index (κ1) is 22.4. The summed E-state index contributed by atoms with van der Waals surface area (Å²) in [7, 11) is 1.26. The summed E-state index contributed by atoms with van der Waals surface area (Å²) < 4.78 is 45.0. The predicted molar refractivity (Wildman–Crippen MR) is 110 cm³/mol. The number of thioether (sulfide) groups is 1. The minimum atomic E-state index is -4.53. The Morgan fingerprint density at radius 1 is 1.33 bits per heavy atom. The molecule has 0 aliphatic carbocycles. The number of ether oxygens (including phenoxy) is 1. The molecule has 30 heavy (non-hydrogen) atoms. The number of piperidine rings is 1. The Labute approximate surface area is 177 Å². The van der Waals surface area contributed by atoms with E-state index < -0.39 is 23.2 Å². The molecule has 3 rings (SSSR count). The maximum atomic E-state index is 13.4. The summed E-state index contributed by atoms with van der Waals surface area (Å²) in [5, 5.41) is 6.51. The lowest BCUT2D eigenvalue weighted by molar-refractivity contribution is -0.137. The molecule has 9 heteroatoms. The van der Waals surface area contributed by atoms with Gasteiger partial charge in [0.25, 0.3) is 5.91 Å². The second-order valence-electron chi connectivity index (χ2n) is 7.19. The van der Waals surface area contributed by atoms with Crippen LogP contribution in [0.3, 0.4) is 0 Å². The van der Waals surface area contributed by atoms with Crippen molar-refractivity contribution in [2.45, 2.75) is 42.4 Å². The Balaban J connectivity index is 2.07. The number of nitrogens with zero attached hydrogens (tertiary/aromatic N) is 1. The van der Waals surface area contributed by atoms with Gasteiger partial charge in [0.2, 0.25) is 0 Å². The standard InChI is InChI=1S/C21H24F3N3O2S/c1-13-20(7-4-8-26-13,14-5-9-25-10-6-14)27-19(28)18-16(29-2)11-15(21(22,23)24)12-17(18)30-3/h5-6,9-13,26H,4,7-8H2,1-3H3,(H,27,28). The third kappa shape index (κ3) is 4.27. The van der Waals surface area contributed by atoms with E-state index in [1.54, 1.807) is 18.6 Å². The fourth-order valence-electron chi connectivity index (χ4n) is 3.93. The van der Waals surface area contributed by atoms with Crippen molar-refractivity contribution in [2.24, 2.45) is 0 Å². The van der Waals surface area contributed by atoms with Crippen LogP contribution in [0.1, 0.15) is 41.3 Å². The number of amides is 1. The molecule has 1 aliphatic heterocycles. The number of carbonyl (C=O) groups is 1. The van der Waals surface area contributed by atoms with Gasteiger partial charge in [-0.05, 0) is 62.4 Å². The normalized spacial score (nSPS) is 21.9. The lowest BCUT2D eigenvalue weighted by atomic mass is 9.77. The van der Waals surface area contributed by atoms with Gasteiger partial charge < -0.3 is 15.4 Å². The SMILES string of the molecule is COc1cc(C(F)(F)F)cc(SC)c1C(=O)NC1(c2ccncc2)CCCNC1C. The molecule has 162 valence electrons. The highest BCUT2D eigenvalue weighted by Gasteiger charge is 2.42. The zero-order valence-electron chi connectivity index (χ0n) is 17.0. The number of methoxy groups -OCH3 is 1. The van der Waals surface area contributed by atoms with Crippen molar-refractivity contribution in [3.05, 3.63) is 53.3 Å². The zero-order chi connectivity index (χ0) is 21.9. The van der Waals surface area contributed by atoms with Crippen molar-refractivity contribution in [1.82, 2.24) is 15.6 Å². The molecule has 1 fully saturated rings. The van der Waals surface area contributed by atoms with E-state index in [2.05, 4.69) is 15.6 Å². The third-order valence-corrected chi connectivity index (χ3v) is 6.29. The molecule has 1 saturated heterocycles. The van der Waals surface area contributed by atoms with Crippen molar-refractivity contribution in [3.63, 3.8) is 0 Å². The lowest BCUT2D eigenvalue weighted by Crippen LogP contribution is -2.60. The molecule has 2 atom stereocenters. The molecule has 2 N–H and O–H groups in total. The maximum absolute atomic E-state index is 13.4. The van der Waals surface area contributed by atoms with E-state index >= 15 is 0 Å². The Morgan fingerprint density at radius 2 is 2.03 bits per heavy atom. The van der Waals surface area contributed by atoms with E-state index in [9.17, 15) is 18.0 Å². The highest BCUT2D eigenvalue weighted by atomic mass is 32.2. The molecule has 5 nitrogen and oxygen atoms in total. The first-order valence-electron chi connectivity index (χ1n) is 9.52. The number of rotatable bonds is 5. The summed E-state index contributed by atoms with van der Waals surface area (Å²) >= 11 is 1.07. The number of hydrogen-bond donors (Lipinski definition) is 2.